The van der Waals surface area contributed by atoms with Crippen molar-refractivity contribution in [2.75, 3.05) is 0 Å². The van der Waals surface area contributed by atoms with Gasteiger partial charge in [-0.05, 0) is 38.5 Å². The molecule has 0 N–H and O–H groups in total. The molecule has 0 aliphatic heterocycles. The van der Waals surface area contributed by atoms with Crippen molar-refractivity contribution >= 4 is 0 Å². The zero-order chi connectivity index (χ0) is 20.4. The third-order valence-corrected chi connectivity index (χ3v) is 6.23. The minimum atomic E-state index is 0.131. The van der Waals surface area contributed by atoms with Crippen LogP contribution < -0.4 is 0 Å². The highest BCUT2D eigenvalue weighted by Crippen LogP contribution is 2.41. The van der Waals surface area contributed by atoms with Crippen LogP contribution in [-0.4, -0.2) is 11.2 Å². The van der Waals surface area contributed by atoms with E-state index in [-0.39, 0.29) is 11.2 Å². The molecule has 27 heavy (non-hydrogen) atoms. The molecule has 0 unspecified atom stereocenters. The minimum absolute atomic E-state index is 0.131. The van der Waals surface area contributed by atoms with Crippen molar-refractivity contribution in [3.8, 4) is 0 Å². The van der Waals surface area contributed by atoms with E-state index < -0.39 is 0 Å². The van der Waals surface area contributed by atoms with Gasteiger partial charge in [0.25, 0.3) is 0 Å². The minimum Gasteiger partial charge on any atom is -0.369 e. The standard InChI is InChI=1S/C26H54O/c1-7-13-15-17-23-25(19-9-3,20-10-4)27-26(21-11-5,22-12-6)24-18-16-14-8-2/h7-24H2,1-6H3. The molecular formula is C26H54O. The summed E-state index contributed by atoms with van der Waals surface area (Å²) in [5, 5.41) is 0. The largest absolute Gasteiger partial charge is 0.369 e. The van der Waals surface area contributed by atoms with Gasteiger partial charge >= 0.3 is 0 Å². The van der Waals surface area contributed by atoms with Crippen molar-refractivity contribution in [3.63, 3.8) is 0 Å². The Morgan fingerprint density at radius 3 is 0.963 bits per heavy atom. The van der Waals surface area contributed by atoms with Gasteiger partial charge < -0.3 is 4.74 Å². The molecule has 1 nitrogen and oxygen atoms in total. The van der Waals surface area contributed by atoms with Crippen LogP contribution in [0.15, 0.2) is 0 Å². The molecule has 0 aromatic rings. The van der Waals surface area contributed by atoms with E-state index in [0.29, 0.717) is 0 Å². The molecule has 0 saturated carbocycles. The Balaban J connectivity index is 5.35. The fraction of sp³-hybridized carbons (Fsp3) is 1.00. The molecule has 0 radical (unpaired) electrons. The second kappa shape index (κ2) is 16.9. The maximum atomic E-state index is 7.35. The first-order valence-electron chi connectivity index (χ1n) is 12.8. The first-order valence-corrected chi connectivity index (χ1v) is 12.8. The fourth-order valence-corrected chi connectivity index (χ4v) is 5.09. The molecule has 0 fully saturated rings. The average Bonchev–Trinajstić information content (AvgIpc) is 2.63. The Kier molecular flexibility index (Phi) is 16.8. The van der Waals surface area contributed by atoms with Gasteiger partial charge in [0.1, 0.15) is 0 Å². The van der Waals surface area contributed by atoms with E-state index in [1.807, 2.05) is 0 Å². The second-order valence-corrected chi connectivity index (χ2v) is 9.09. The van der Waals surface area contributed by atoms with Crippen LogP contribution in [-0.2, 0) is 4.74 Å². The summed E-state index contributed by atoms with van der Waals surface area (Å²) >= 11 is 0. The van der Waals surface area contributed by atoms with Crippen molar-refractivity contribution in [2.24, 2.45) is 0 Å². The molecule has 0 bridgehead atoms. The molecule has 0 saturated heterocycles. The monoisotopic (exact) mass is 382 g/mol. The van der Waals surface area contributed by atoms with Crippen LogP contribution in [0.1, 0.15) is 157 Å². The third-order valence-electron chi connectivity index (χ3n) is 6.23. The van der Waals surface area contributed by atoms with E-state index in [2.05, 4.69) is 41.5 Å². The molecule has 0 atom stereocenters. The van der Waals surface area contributed by atoms with E-state index in [1.54, 1.807) is 0 Å². The number of hydrogen-bond donors (Lipinski definition) is 0. The molecule has 0 spiro atoms. The van der Waals surface area contributed by atoms with Gasteiger partial charge in [-0.15, -0.1) is 0 Å². The number of rotatable bonds is 20. The maximum Gasteiger partial charge on any atom is 0.0689 e. The molecule has 0 amide bonds. The Morgan fingerprint density at radius 2 is 0.704 bits per heavy atom. The number of hydrogen-bond acceptors (Lipinski definition) is 1. The number of unbranched alkanes of at least 4 members (excludes halogenated alkanes) is 6. The second-order valence-electron chi connectivity index (χ2n) is 9.09. The number of ether oxygens (including phenoxy) is 1. The zero-order valence-electron chi connectivity index (χ0n) is 20.1. The van der Waals surface area contributed by atoms with Gasteiger partial charge in [0, 0.05) is 0 Å². The molecule has 0 aliphatic carbocycles. The first-order chi connectivity index (χ1) is 13.1. The van der Waals surface area contributed by atoms with Gasteiger partial charge in [-0.2, -0.15) is 0 Å². The van der Waals surface area contributed by atoms with Crippen LogP contribution in [0.3, 0.4) is 0 Å². The van der Waals surface area contributed by atoms with Crippen LogP contribution >= 0.6 is 0 Å². The lowest BCUT2D eigenvalue weighted by atomic mass is 9.82. The van der Waals surface area contributed by atoms with E-state index in [9.17, 15) is 0 Å². The molecule has 0 aromatic heterocycles. The van der Waals surface area contributed by atoms with Gasteiger partial charge in [-0.1, -0.05) is 119 Å². The molecule has 0 aromatic carbocycles. The summed E-state index contributed by atoms with van der Waals surface area (Å²) in [4.78, 5) is 0. The summed E-state index contributed by atoms with van der Waals surface area (Å²) in [6, 6.07) is 0. The Bertz CT molecular complexity index is 267. The van der Waals surface area contributed by atoms with Gasteiger partial charge in [0.05, 0.1) is 11.2 Å². The van der Waals surface area contributed by atoms with Crippen molar-refractivity contribution in [1.82, 2.24) is 0 Å². The van der Waals surface area contributed by atoms with E-state index in [0.717, 1.165) is 0 Å². The highest BCUT2D eigenvalue weighted by molar-refractivity contribution is 4.89. The smallest absolute Gasteiger partial charge is 0.0689 e. The molecular weight excluding hydrogens is 328 g/mol. The Hall–Kier alpha value is -0.0400. The average molecular weight is 383 g/mol. The first kappa shape index (κ1) is 27.0. The summed E-state index contributed by atoms with van der Waals surface area (Å²) in [6.07, 6.45) is 23.4. The lowest BCUT2D eigenvalue weighted by Gasteiger charge is -2.45. The Morgan fingerprint density at radius 1 is 0.370 bits per heavy atom. The SMILES string of the molecule is CCCCCCC(CCC)(CCC)OC(CCC)(CCC)CCCCCC. The topological polar surface area (TPSA) is 9.23 Å². The fourth-order valence-electron chi connectivity index (χ4n) is 5.09. The van der Waals surface area contributed by atoms with Gasteiger partial charge in [0.2, 0.25) is 0 Å². The van der Waals surface area contributed by atoms with E-state index in [1.165, 1.54) is 116 Å². The highest BCUT2D eigenvalue weighted by Gasteiger charge is 2.39. The van der Waals surface area contributed by atoms with Gasteiger partial charge in [-0.25, -0.2) is 0 Å². The molecule has 164 valence electrons. The summed E-state index contributed by atoms with van der Waals surface area (Å²) in [5.74, 6) is 0. The van der Waals surface area contributed by atoms with Crippen molar-refractivity contribution in [2.45, 2.75) is 168 Å². The molecule has 0 rings (SSSR count). The Labute approximate surface area is 173 Å². The van der Waals surface area contributed by atoms with E-state index in [4.69, 9.17) is 4.74 Å². The molecule has 1 heteroatoms. The van der Waals surface area contributed by atoms with Crippen molar-refractivity contribution < 1.29 is 4.74 Å². The third kappa shape index (κ3) is 11.5. The highest BCUT2D eigenvalue weighted by atomic mass is 16.5. The van der Waals surface area contributed by atoms with Gasteiger partial charge in [-0.3, -0.25) is 0 Å². The van der Waals surface area contributed by atoms with Gasteiger partial charge in [0.15, 0.2) is 0 Å². The zero-order valence-corrected chi connectivity index (χ0v) is 20.1. The summed E-state index contributed by atoms with van der Waals surface area (Å²) in [5.41, 5.74) is 0.263. The lowest BCUT2D eigenvalue weighted by Crippen LogP contribution is -2.45. The van der Waals surface area contributed by atoms with Crippen LogP contribution in [0.5, 0.6) is 0 Å². The molecule has 0 aliphatic rings. The maximum absolute atomic E-state index is 7.35. The van der Waals surface area contributed by atoms with Crippen LogP contribution in [0.2, 0.25) is 0 Å². The van der Waals surface area contributed by atoms with Crippen LogP contribution in [0.25, 0.3) is 0 Å². The summed E-state index contributed by atoms with van der Waals surface area (Å²) in [7, 11) is 0. The van der Waals surface area contributed by atoms with Crippen molar-refractivity contribution in [3.05, 3.63) is 0 Å². The molecule has 0 heterocycles. The van der Waals surface area contributed by atoms with E-state index >= 15 is 0 Å². The quantitative estimate of drug-likeness (QED) is 0.190. The summed E-state index contributed by atoms with van der Waals surface area (Å²) in [6.45, 7) is 14.0. The lowest BCUT2D eigenvalue weighted by molar-refractivity contribution is -0.181. The normalized spacial score (nSPS) is 12.7. The predicted molar refractivity (Wildman–Crippen MR) is 124 cm³/mol. The predicted octanol–water partition coefficient (Wildman–Crippen LogP) is 9.62. The van der Waals surface area contributed by atoms with Crippen LogP contribution in [0.4, 0.5) is 0 Å². The van der Waals surface area contributed by atoms with Crippen LogP contribution in [0, 0.1) is 0 Å². The summed E-state index contributed by atoms with van der Waals surface area (Å²) < 4.78 is 7.35. The van der Waals surface area contributed by atoms with Crippen molar-refractivity contribution in [1.29, 1.82) is 0 Å².